The maximum Gasteiger partial charge on any atom is 0.416 e. The summed E-state index contributed by atoms with van der Waals surface area (Å²) in [5, 5.41) is 22.3. The van der Waals surface area contributed by atoms with Crippen LogP contribution in [-0.4, -0.2) is 40.2 Å². The summed E-state index contributed by atoms with van der Waals surface area (Å²) in [5.74, 6) is 0.152. The molecule has 29 heavy (non-hydrogen) atoms. The predicted octanol–water partition coefficient (Wildman–Crippen LogP) is 3.67. The Morgan fingerprint density at radius 3 is 2.66 bits per heavy atom. The van der Waals surface area contributed by atoms with Gasteiger partial charge < -0.3 is 19.9 Å². The lowest BCUT2D eigenvalue weighted by molar-refractivity contribution is -0.137. The molecule has 0 unspecified atom stereocenters. The molecule has 0 bridgehead atoms. The van der Waals surface area contributed by atoms with Gasteiger partial charge in [-0.15, -0.1) is 10.2 Å². The molecule has 9 heteroatoms. The van der Waals surface area contributed by atoms with Crippen molar-refractivity contribution < 1.29 is 27.8 Å². The SMILES string of the molecule is Oc1cc(C(F)(F)F)ccc1-c1nnc(N[C@H]2CCOC2)c2c1CC1(CC1)OC2. The molecule has 2 aromatic rings. The fraction of sp³-hybridized carbons (Fsp3) is 0.500. The van der Waals surface area contributed by atoms with Crippen LogP contribution in [-0.2, 0) is 28.7 Å². The molecule has 0 radical (unpaired) electrons. The van der Waals surface area contributed by atoms with Crippen LogP contribution in [0.1, 0.15) is 36.0 Å². The summed E-state index contributed by atoms with van der Waals surface area (Å²) in [6.07, 6.45) is -1.19. The van der Waals surface area contributed by atoms with E-state index in [1.807, 2.05) is 0 Å². The van der Waals surface area contributed by atoms with Crippen molar-refractivity contribution >= 4 is 5.82 Å². The Kier molecular flexibility index (Phi) is 4.22. The number of aromatic hydroxyl groups is 1. The molecule has 0 amide bonds. The zero-order valence-corrected chi connectivity index (χ0v) is 15.6. The van der Waals surface area contributed by atoms with Gasteiger partial charge in [0.2, 0.25) is 0 Å². The van der Waals surface area contributed by atoms with Gasteiger partial charge >= 0.3 is 6.18 Å². The number of phenols is 1. The van der Waals surface area contributed by atoms with Crippen LogP contribution in [0.15, 0.2) is 18.2 Å². The molecule has 2 aliphatic heterocycles. The van der Waals surface area contributed by atoms with Crippen molar-refractivity contribution in [3.63, 3.8) is 0 Å². The van der Waals surface area contributed by atoms with E-state index in [1.54, 1.807) is 0 Å². The van der Waals surface area contributed by atoms with Gasteiger partial charge in [-0.05, 0) is 43.0 Å². The molecule has 1 aromatic heterocycles. The van der Waals surface area contributed by atoms with E-state index in [2.05, 4.69) is 15.5 Å². The smallest absolute Gasteiger partial charge is 0.416 e. The van der Waals surface area contributed by atoms with E-state index in [9.17, 15) is 18.3 Å². The van der Waals surface area contributed by atoms with Gasteiger partial charge in [0.1, 0.15) is 11.4 Å². The first-order valence-corrected chi connectivity index (χ1v) is 9.62. The minimum absolute atomic E-state index is 0.135. The van der Waals surface area contributed by atoms with Gasteiger partial charge in [-0.3, -0.25) is 0 Å². The fourth-order valence-electron chi connectivity index (χ4n) is 3.99. The third-order valence-corrected chi connectivity index (χ3v) is 5.87. The van der Waals surface area contributed by atoms with Crippen molar-refractivity contribution in [2.75, 3.05) is 18.5 Å². The number of anilines is 1. The summed E-state index contributed by atoms with van der Waals surface area (Å²) in [4.78, 5) is 0. The van der Waals surface area contributed by atoms with Crippen molar-refractivity contribution in [1.82, 2.24) is 10.2 Å². The molecule has 1 saturated heterocycles. The number of hydrogen-bond acceptors (Lipinski definition) is 6. The monoisotopic (exact) mass is 407 g/mol. The highest BCUT2D eigenvalue weighted by Gasteiger charge is 2.48. The molecule has 3 aliphatic rings. The Morgan fingerprint density at radius 2 is 2.00 bits per heavy atom. The lowest BCUT2D eigenvalue weighted by Crippen LogP contribution is -2.28. The molecule has 1 aromatic carbocycles. The zero-order valence-electron chi connectivity index (χ0n) is 15.6. The highest BCUT2D eigenvalue weighted by Crippen LogP contribution is 2.49. The van der Waals surface area contributed by atoms with Crippen molar-refractivity contribution in [2.24, 2.45) is 0 Å². The van der Waals surface area contributed by atoms with E-state index < -0.39 is 17.5 Å². The Bertz CT molecular complexity index is 954. The zero-order chi connectivity index (χ0) is 20.2. The molecule has 3 heterocycles. The molecule has 154 valence electrons. The van der Waals surface area contributed by atoms with Crippen LogP contribution in [0.3, 0.4) is 0 Å². The van der Waals surface area contributed by atoms with Gasteiger partial charge in [-0.2, -0.15) is 13.2 Å². The number of hydrogen-bond donors (Lipinski definition) is 2. The van der Waals surface area contributed by atoms with Crippen LogP contribution in [0.2, 0.25) is 0 Å². The molecule has 2 fully saturated rings. The van der Waals surface area contributed by atoms with E-state index >= 15 is 0 Å². The maximum atomic E-state index is 13.0. The molecule has 1 aliphatic carbocycles. The Labute approximate surface area is 165 Å². The van der Waals surface area contributed by atoms with E-state index in [4.69, 9.17) is 9.47 Å². The van der Waals surface area contributed by atoms with E-state index in [1.165, 1.54) is 6.07 Å². The lowest BCUT2D eigenvalue weighted by atomic mass is 9.93. The van der Waals surface area contributed by atoms with Crippen LogP contribution < -0.4 is 5.32 Å². The maximum absolute atomic E-state index is 13.0. The predicted molar refractivity (Wildman–Crippen MR) is 97.4 cm³/mol. The number of fused-ring (bicyclic) bond motifs is 1. The van der Waals surface area contributed by atoms with E-state index in [-0.39, 0.29) is 17.2 Å². The number of halogens is 3. The largest absolute Gasteiger partial charge is 0.507 e. The van der Waals surface area contributed by atoms with Gasteiger partial charge in [0, 0.05) is 24.2 Å². The van der Waals surface area contributed by atoms with Gasteiger partial charge in [-0.1, -0.05) is 0 Å². The van der Waals surface area contributed by atoms with E-state index in [0.29, 0.717) is 37.8 Å². The number of benzene rings is 1. The quantitative estimate of drug-likeness (QED) is 0.809. The first-order chi connectivity index (χ1) is 13.8. The third kappa shape index (κ3) is 3.42. The summed E-state index contributed by atoms with van der Waals surface area (Å²) in [6, 6.07) is 3.08. The normalized spacial score (nSPS) is 22.5. The summed E-state index contributed by atoms with van der Waals surface area (Å²) >= 11 is 0. The highest BCUT2D eigenvalue weighted by molar-refractivity contribution is 5.73. The molecule has 1 saturated carbocycles. The molecule has 2 N–H and O–H groups in total. The Balaban J connectivity index is 1.56. The minimum Gasteiger partial charge on any atom is -0.507 e. The molecular formula is C20H20F3N3O3. The second kappa shape index (κ2) is 6.56. The average Bonchev–Trinajstić information content (AvgIpc) is 3.21. The summed E-state index contributed by atoms with van der Waals surface area (Å²) in [7, 11) is 0. The average molecular weight is 407 g/mol. The van der Waals surface area contributed by atoms with Crippen LogP contribution in [0.5, 0.6) is 5.75 Å². The molecule has 1 spiro atoms. The summed E-state index contributed by atoms with van der Waals surface area (Å²) in [6.45, 7) is 1.63. The first kappa shape index (κ1) is 18.6. The van der Waals surface area contributed by atoms with Crippen molar-refractivity contribution in [3.8, 4) is 17.0 Å². The number of phenolic OH excluding ortho intramolecular Hbond substituents is 1. The summed E-state index contributed by atoms with van der Waals surface area (Å²) < 4.78 is 50.3. The van der Waals surface area contributed by atoms with E-state index in [0.717, 1.165) is 42.5 Å². The fourth-order valence-corrected chi connectivity index (χ4v) is 3.99. The highest BCUT2D eigenvalue weighted by atomic mass is 19.4. The first-order valence-electron chi connectivity index (χ1n) is 9.62. The lowest BCUT2D eigenvalue weighted by Gasteiger charge is -2.28. The van der Waals surface area contributed by atoms with Gasteiger partial charge in [-0.25, -0.2) is 0 Å². The third-order valence-electron chi connectivity index (χ3n) is 5.87. The molecule has 6 nitrogen and oxygen atoms in total. The number of aromatic nitrogens is 2. The Hall–Kier alpha value is -2.39. The molecular weight excluding hydrogens is 387 g/mol. The number of rotatable bonds is 3. The van der Waals surface area contributed by atoms with Crippen LogP contribution in [0.25, 0.3) is 11.3 Å². The second-order valence-corrected chi connectivity index (χ2v) is 7.94. The van der Waals surface area contributed by atoms with Crippen molar-refractivity contribution in [2.45, 2.75) is 50.1 Å². The van der Waals surface area contributed by atoms with Crippen LogP contribution in [0, 0.1) is 0 Å². The Morgan fingerprint density at radius 1 is 1.17 bits per heavy atom. The van der Waals surface area contributed by atoms with Gasteiger partial charge in [0.25, 0.3) is 0 Å². The minimum atomic E-state index is -4.52. The van der Waals surface area contributed by atoms with Gasteiger partial charge in [0.15, 0.2) is 5.82 Å². The topological polar surface area (TPSA) is 76.5 Å². The molecule has 1 atom stereocenters. The summed E-state index contributed by atoms with van der Waals surface area (Å²) in [5.41, 5.74) is 1.25. The standard InChI is InChI=1S/C20H20F3N3O3/c21-20(22,23)11-1-2-13(16(27)7-11)17-14-8-19(4-5-19)29-10-15(14)18(26-25-17)24-12-3-6-28-9-12/h1-2,7,12,27H,3-6,8-10H2,(H,24,26)/t12-/m0/s1. The van der Waals surface area contributed by atoms with Crippen LogP contribution in [0.4, 0.5) is 19.0 Å². The number of nitrogens with zero attached hydrogens (tertiary/aromatic N) is 2. The molecule has 5 rings (SSSR count). The van der Waals surface area contributed by atoms with Crippen molar-refractivity contribution in [3.05, 3.63) is 34.9 Å². The number of ether oxygens (including phenoxy) is 2. The van der Waals surface area contributed by atoms with Crippen molar-refractivity contribution in [1.29, 1.82) is 0 Å². The second-order valence-electron chi connectivity index (χ2n) is 7.94. The number of nitrogens with one attached hydrogen (secondary N) is 1. The van der Waals surface area contributed by atoms with Gasteiger partial charge in [0.05, 0.1) is 30.4 Å². The number of alkyl halides is 3. The van der Waals surface area contributed by atoms with Crippen LogP contribution >= 0.6 is 0 Å².